The smallest absolute Gasteiger partial charge is 0.159 e. The maximum Gasteiger partial charge on any atom is 0.159 e. The molecule has 0 saturated carbocycles. The molecule has 94 valence electrons. The van der Waals surface area contributed by atoms with Crippen LogP contribution in [0.2, 0.25) is 0 Å². The lowest BCUT2D eigenvalue weighted by molar-refractivity contribution is 0.506. The second-order valence-electron chi connectivity index (χ2n) is 3.59. The molecule has 0 aliphatic carbocycles. The Morgan fingerprint density at radius 3 is 2.06 bits per heavy atom. The predicted molar refractivity (Wildman–Crippen MR) is 74.2 cm³/mol. The van der Waals surface area contributed by atoms with Crippen LogP contribution in [0, 0.1) is 11.6 Å². The lowest BCUT2D eigenvalue weighted by Crippen LogP contribution is -1.87. The molecule has 0 unspecified atom stereocenters. The van der Waals surface area contributed by atoms with Gasteiger partial charge in [-0.1, -0.05) is 18.2 Å². The molecule has 0 spiro atoms. The minimum absolute atomic E-state index is 0.766. The molecule has 0 atom stereocenters. The molecule has 0 nitrogen and oxygen atoms in total. The SMILES string of the molecule is Fc1ccc(SCCSc2ccccc2)cc1F. The quantitative estimate of drug-likeness (QED) is 0.568. The van der Waals surface area contributed by atoms with Gasteiger partial charge in [0.2, 0.25) is 0 Å². The van der Waals surface area contributed by atoms with Crippen LogP contribution in [0.5, 0.6) is 0 Å². The van der Waals surface area contributed by atoms with E-state index in [9.17, 15) is 8.78 Å². The molecule has 4 heteroatoms. The number of rotatable bonds is 5. The van der Waals surface area contributed by atoms with E-state index in [-0.39, 0.29) is 0 Å². The summed E-state index contributed by atoms with van der Waals surface area (Å²) in [5.74, 6) is 0.229. The zero-order valence-corrected chi connectivity index (χ0v) is 11.2. The molecular formula is C14H12F2S2. The highest BCUT2D eigenvalue weighted by atomic mass is 32.2. The van der Waals surface area contributed by atoms with Crippen molar-refractivity contribution in [3.05, 3.63) is 60.2 Å². The van der Waals surface area contributed by atoms with E-state index in [0.717, 1.165) is 16.4 Å². The molecule has 0 fully saturated rings. The first kappa shape index (κ1) is 13.4. The highest BCUT2D eigenvalue weighted by molar-refractivity contribution is 8.03. The van der Waals surface area contributed by atoms with Crippen LogP contribution in [0.25, 0.3) is 0 Å². The molecule has 18 heavy (non-hydrogen) atoms. The summed E-state index contributed by atoms with van der Waals surface area (Å²) in [6.07, 6.45) is 0. The van der Waals surface area contributed by atoms with Gasteiger partial charge in [-0.2, -0.15) is 0 Å². The molecule has 2 aromatic carbocycles. The standard InChI is InChI=1S/C14H12F2S2/c15-13-7-6-12(10-14(13)16)18-9-8-17-11-4-2-1-3-5-11/h1-7,10H,8-9H2. The van der Waals surface area contributed by atoms with Gasteiger partial charge < -0.3 is 0 Å². The molecule has 0 saturated heterocycles. The maximum absolute atomic E-state index is 13.0. The Morgan fingerprint density at radius 1 is 0.722 bits per heavy atom. The second-order valence-corrected chi connectivity index (χ2v) is 5.92. The number of hydrogen-bond acceptors (Lipinski definition) is 2. The van der Waals surface area contributed by atoms with Crippen LogP contribution < -0.4 is 0 Å². The van der Waals surface area contributed by atoms with Gasteiger partial charge in [0.05, 0.1) is 0 Å². The Kier molecular flexibility index (Phi) is 5.08. The van der Waals surface area contributed by atoms with E-state index in [1.807, 2.05) is 18.2 Å². The Labute approximate surface area is 114 Å². The normalized spacial score (nSPS) is 10.6. The van der Waals surface area contributed by atoms with Crippen molar-refractivity contribution >= 4 is 23.5 Å². The van der Waals surface area contributed by atoms with Gasteiger partial charge in [0, 0.05) is 21.3 Å². The third-order valence-electron chi connectivity index (χ3n) is 2.26. The first-order valence-corrected chi connectivity index (χ1v) is 7.48. The van der Waals surface area contributed by atoms with Crippen molar-refractivity contribution in [1.29, 1.82) is 0 Å². The number of hydrogen-bond donors (Lipinski definition) is 0. The molecule has 0 radical (unpaired) electrons. The monoisotopic (exact) mass is 282 g/mol. The van der Waals surface area contributed by atoms with E-state index in [1.165, 1.54) is 28.8 Å². The van der Waals surface area contributed by atoms with Crippen LogP contribution in [0.4, 0.5) is 8.78 Å². The van der Waals surface area contributed by atoms with Crippen molar-refractivity contribution in [3.8, 4) is 0 Å². The van der Waals surface area contributed by atoms with Crippen molar-refractivity contribution in [2.45, 2.75) is 9.79 Å². The highest BCUT2D eigenvalue weighted by Crippen LogP contribution is 2.24. The lowest BCUT2D eigenvalue weighted by atomic mass is 10.3. The molecule has 0 N–H and O–H groups in total. The summed E-state index contributed by atoms with van der Waals surface area (Å²) in [7, 11) is 0. The van der Waals surface area contributed by atoms with Crippen molar-refractivity contribution in [1.82, 2.24) is 0 Å². The average molecular weight is 282 g/mol. The van der Waals surface area contributed by atoms with E-state index in [2.05, 4.69) is 12.1 Å². The van der Waals surface area contributed by atoms with Crippen molar-refractivity contribution < 1.29 is 8.78 Å². The molecule has 2 aromatic rings. The molecule has 0 heterocycles. The summed E-state index contributed by atoms with van der Waals surface area (Å²) in [6.45, 7) is 0. The molecule has 0 bridgehead atoms. The number of thioether (sulfide) groups is 2. The summed E-state index contributed by atoms with van der Waals surface area (Å²) < 4.78 is 25.7. The Bertz CT molecular complexity index is 500. The first-order chi connectivity index (χ1) is 8.75. The summed E-state index contributed by atoms with van der Waals surface area (Å²) in [6, 6.07) is 14.1. The molecule has 0 aliphatic rings. The number of halogens is 2. The van der Waals surface area contributed by atoms with Crippen molar-refractivity contribution in [2.75, 3.05) is 11.5 Å². The van der Waals surface area contributed by atoms with Crippen LogP contribution in [-0.2, 0) is 0 Å². The van der Waals surface area contributed by atoms with Crippen LogP contribution in [0.15, 0.2) is 58.3 Å². The Morgan fingerprint density at radius 2 is 1.39 bits per heavy atom. The van der Waals surface area contributed by atoms with Gasteiger partial charge in [-0.3, -0.25) is 0 Å². The Balaban J connectivity index is 1.77. The zero-order chi connectivity index (χ0) is 12.8. The fourth-order valence-corrected chi connectivity index (χ4v) is 3.24. The maximum atomic E-state index is 13.0. The second kappa shape index (κ2) is 6.81. The molecule has 0 aliphatic heterocycles. The molecular weight excluding hydrogens is 270 g/mol. The Hall–Kier alpha value is -1.00. The molecule has 2 rings (SSSR count). The molecule has 0 amide bonds. The van der Waals surface area contributed by atoms with Crippen LogP contribution >= 0.6 is 23.5 Å². The topological polar surface area (TPSA) is 0 Å². The number of benzene rings is 2. The summed E-state index contributed by atoms with van der Waals surface area (Å²) in [5, 5.41) is 0. The van der Waals surface area contributed by atoms with Crippen molar-refractivity contribution in [2.24, 2.45) is 0 Å². The summed E-state index contributed by atoms with van der Waals surface area (Å²) in [5.41, 5.74) is 0. The van der Waals surface area contributed by atoms with Gasteiger partial charge in [0.1, 0.15) is 0 Å². The van der Waals surface area contributed by atoms with E-state index in [4.69, 9.17) is 0 Å². The average Bonchev–Trinajstić information content (AvgIpc) is 2.40. The lowest BCUT2D eigenvalue weighted by Gasteiger charge is -2.03. The van der Waals surface area contributed by atoms with E-state index in [1.54, 1.807) is 17.8 Å². The van der Waals surface area contributed by atoms with Crippen LogP contribution in [0.1, 0.15) is 0 Å². The van der Waals surface area contributed by atoms with Crippen molar-refractivity contribution in [3.63, 3.8) is 0 Å². The van der Waals surface area contributed by atoms with Gasteiger partial charge in [-0.25, -0.2) is 8.78 Å². The van der Waals surface area contributed by atoms with E-state index < -0.39 is 11.6 Å². The molecule has 0 aromatic heterocycles. The van der Waals surface area contributed by atoms with Gasteiger partial charge in [0.15, 0.2) is 11.6 Å². The minimum atomic E-state index is -0.794. The van der Waals surface area contributed by atoms with Gasteiger partial charge >= 0.3 is 0 Å². The fourth-order valence-electron chi connectivity index (χ4n) is 1.40. The van der Waals surface area contributed by atoms with E-state index >= 15 is 0 Å². The highest BCUT2D eigenvalue weighted by Gasteiger charge is 2.02. The van der Waals surface area contributed by atoms with Gasteiger partial charge in [-0.15, -0.1) is 23.5 Å². The zero-order valence-electron chi connectivity index (χ0n) is 9.61. The summed E-state index contributed by atoms with van der Waals surface area (Å²) in [4.78, 5) is 1.99. The summed E-state index contributed by atoms with van der Waals surface area (Å²) >= 11 is 3.29. The van der Waals surface area contributed by atoms with E-state index in [0.29, 0.717) is 0 Å². The van der Waals surface area contributed by atoms with Crippen LogP contribution in [-0.4, -0.2) is 11.5 Å². The van der Waals surface area contributed by atoms with Gasteiger partial charge in [-0.05, 0) is 30.3 Å². The predicted octanol–water partition coefficient (Wildman–Crippen LogP) is 4.85. The fraction of sp³-hybridized carbons (Fsp3) is 0.143. The van der Waals surface area contributed by atoms with Gasteiger partial charge in [0.25, 0.3) is 0 Å². The largest absolute Gasteiger partial charge is 0.204 e. The first-order valence-electron chi connectivity index (χ1n) is 5.51. The van der Waals surface area contributed by atoms with Crippen LogP contribution in [0.3, 0.4) is 0 Å². The minimum Gasteiger partial charge on any atom is -0.204 e. The third kappa shape index (κ3) is 4.03. The third-order valence-corrected chi connectivity index (χ3v) is 4.52.